The molecule has 1 saturated carbocycles. The van der Waals surface area contributed by atoms with E-state index < -0.39 is 0 Å². The number of benzene rings is 2. The summed E-state index contributed by atoms with van der Waals surface area (Å²) in [6.07, 6.45) is 9.42. The minimum Gasteiger partial charge on any atom is -0.345 e. The summed E-state index contributed by atoms with van der Waals surface area (Å²) in [6.45, 7) is 6.17. The second kappa shape index (κ2) is 13.8. The second-order valence-electron chi connectivity index (χ2n) is 10.3. The van der Waals surface area contributed by atoms with Gasteiger partial charge in [0.2, 0.25) is 5.91 Å². The standard InChI is InChI=1S/C32H40BrN3O2/c1-3-20-35(32(38)27-16-12-25(4-2)13-17-27)24-31(37)36(29-9-6-5-7-10-29)23-30-11-8-21-34(30)22-26-14-18-28(33)19-15-26/h8,11-19,21,29H,3-7,9-10,20,22-24H2,1-2H3. The average molecular weight is 579 g/mol. The molecule has 6 heteroatoms. The monoisotopic (exact) mass is 577 g/mol. The van der Waals surface area contributed by atoms with E-state index in [0.29, 0.717) is 18.7 Å². The third-order valence-corrected chi connectivity index (χ3v) is 8.10. The van der Waals surface area contributed by atoms with Gasteiger partial charge < -0.3 is 14.4 Å². The molecular formula is C32H40BrN3O2. The van der Waals surface area contributed by atoms with Crippen molar-refractivity contribution < 1.29 is 9.59 Å². The highest BCUT2D eigenvalue weighted by Gasteiger charge is 2.29. The lowest BCUT2D eigenvalue weighted by atomic mass is 9.94. The predicted molar refractivity (Wildman–Crippen MR) is 157 cm³/mol. The van der Waals surface area contributed by atoms with Crippen LogP contribution < -0.4 is 0 Å². The van der Waals surface area contributed by atoms with E-state index in [0.717, 1.165) is 55.2 Å². The Labute approximate surface area is 236 Å². The van der Waals surface area contributed by atoms with Crippen molar-refractivity contribution in [2.45, 2.75) is 77.9 Å². The van der Waals surface area contributed by atoms with Crippen molar-refractivity contribution in [3.8, 4) is 0 Å². The molecule has 1 fully saturated rings. The first-order valence-electron chi connectivity index (χ1n) is 14.0. The molecule has 0 unspecified atom stereocenters. The van der Waals surface area contributed by atoms with Gasteiger partial charge in [-0.25, -0.2) is 0 Å². The van der Waals surface area contributed by atoms with Crippen LogP contribution in [0.4, 0.5) is 0 Å². The third kappa shape index (κ3) is 7.37. The summed E-state index contributed by atoms with van der Waals surface area (Å²) in [4.78, 5) is 31.1. The van der Waals surface area contributed by atoms with Crippen LogP contribution in [0, 0.1) is 0 Å². The molecule has 1 heterocycles. The van der Waals surface area contributed by atoms with Gasteiger partial charge in [0.1, 0.15) is 6.54 Å². The number of carbonyl (C=O) groups excluding carboxylic acids is 2. The molecule has 0 saturated heterocycles. The number of hydrogen-bond donors (Lipinski definition) is 0. The van der Waals surface area contributed by atoms with Crippen LogP contribution in [0.2, 0.25) is 0 Å². The Kier molecular flexibility index (Phi) is 10.2. The average Bonchev–Trinajstić information content (AvgIpc) is 3.39. The van der Waals surface area contributed by atoms with E-state index in [2.05, 4.69) is 81.8 Å². The first-order chi connectivity index (χ1) is 18.5. The lowest BCUT2D eigenvalue weighted by Crippen LogP contribution is -2.47. The van der Waals surface area contributed by atoms with E-state index >= 15 is 0 Å². The molecule has 2 aromatic carbocycles. The largest absolute Gasteiger partial charge is 0.345 e. The fraction of sp³-hybridized carbons (Fsp3) is 0.438. The summed E-state index contributed by atoms with van der Waals surface area (Å²) in [6, 6.07) is 20.6. The fourth-order valence-corrected chi connectivity index (χ4v) is 5.63. The van der Waals surface area contributed by atoms with E-state index in [9.17, 15) is 9.59 Å². The topological polar surface area (TPSA) is 45.6 Å². The minimum atomic E-state index is -0.0648. The van der Waals surface area contributed by atoms with E-state index in [4.69, 9.17) is 0 Å². The molecule has 3 aromatic rings. The number of rotatable bonds is 11. The first-order valence-corrected chi connectivity index (χ1v) is 14.8. The third-order valence-electron chi connectivity index (χ3n) is 7.57. The van der Waals surface area contributed by atoms with Crippen molar-refractivity contribution in [3.05, 3.63) is 93.7 Å². The van der Waals surface area contributed by atoms with E-state index in [-0.39, 0.29) is 24.4 Å². The first kappa shape index (κ1) is 28.2. The van der Waals surface area contributed by atoms with Gasteiger partial charge in [-0.1, -0.05) is 73.3 Å². The summed E-state index contributed by atoms with van der Waals surface area (Å²) in [5, 5.41) is 0. The number of amides is 2. The SMILES string of the molecule is CCCN(CC(=O)N(Cc1cccn1Cc1ccc(Br)cc1)C1CCCCC1)C(=O)c1ccc(CC)cc1. The zero-order valence-corrected chi connectivity index (χ0v) is 24.3. The fourth-order valence-electron chi connectivity index (χ4n) is 5.36. The molecule has 1 aromatic heterocycles. The Bertz CT molecular complexity index is 1180. The lowest BCUT2D eigenvalue weighted by Gasteiger charge is -2.36. The molecule has 0 bridgehead atoms. The van der Waals surface area contributed by atoms with Crippen molar-refractivity contribution in [3.63, 3.8) is 0 Å². The van der Waals surface area contributed by atoms with Crippen LogP contribution in [0.3, 0.4) is 0 Å². The Hall–Kier alpha value is -2.86. The summed E-state index contributed by atoms with van der Waals surface area (Å²) < 4.78 is 3.30. The maximum absolute atomic E-state index is 13.9. The maximum Gasteiger partial charge on any atom is 0.254 e. The Morgan fingerprint density at radius 3 is 2.26 bits per heavy atom. The number of halogens is 1. The molecule has 0 N–H and O–H groups in total. The molecule has 38 heavy (non-hydrogen) atoms. The van der Waals surface area contributed by atoms with Gasteiger partial charge in [-0.2, -0.15) is 0 Å². The molecule has 0 atom stereocenters. The minimum absolute atomic E-state index is 0.0419. The zero-order chi connectivity index (χ0) is 26.9. The summed E-state index contributed by atoms with van der Waals surface area (Å²) in [7, 11) is 0. The van der Waals surface area contributed by atoms with Crippen LogP contribution in [-0.4, -0.2) is 45.3 Å². The highest BCUT2D eigenvalue weighted by atomic mass is 79.9. The smallest absolute Gasteiger partial charge is 0.254 e. The van der Waals surface area contributed by atoms with E-state index in [1.165, 1.54) is 17.5 Å². The van der Waals surface area contributed by atoms with Gasteiger partial charge in [0.05, 0.1) is 6.54 Å². The van der Waals surface area contributed by atoms with Gasteiger partial charge in [0.15, 0.2) is 0 Å². The number of aryl methyl sites for hydroxylation is 1. The van der Waals surface area contributed by atoms with Crippen LogP contribution in [0.1, 0.15) is 79.6 Å². The molecule has 4 rings (SSSR count). The van der Waals surface area contributed by atoms with E-state index in [1.807, 2.05) is 24.3 Å². The van der Waals surface area contributed by atoms with Gasteiger partial charge in [0, 0.05) is 41.1 Å². The molecule has 2 amide bonds. The predicted octanol–water partition coefficient (Wildman–Crippen LogP) is 7.08. The Morgan fingerprint density at radius 2 is 1.61 bits per heavy atom. The quantitative estimate of drug-likeness (QED) is 0.244. The highest BCUT2D eigenvalue weighted by Crippen LogP contribution is 2.25. The molecular weight excluding hydrogens is 538 g/mol. The number of carbonyl (C=O) groups is 2. The molecule has 1 aliphatic carbocycles. The summed E-state index contributed by atoms with van der Waals surface area (Å²) >= 11 is 3.51. The maximum atomic E-state index is 13.9. The molecule has 0 radical (unpaired) electrons. The highest BCUT2D eigenvalue weighted by molar-refractivity contribution is 9.10. The molecule has 1 aliphatic rings. The second-order valence-corrected chi connectivity index (χ2v) is 11.3. The molecule has 0 spiro atoms. The van der Waals surface area contributed by atoms with Gasteiger partial charge in [-0.3, -0.25) is 9.59 Å². The van der Waals surface area contributed by atoms with Crippen molar-refractivity contribution in [1.29, 1.82) is 0 Å². The Morgan fingerprint density at radius 1 is 0.921 bits per heavy atom. The molecule has 5 nitrogen and oxygen atoms in total. The summed E-state index contributed by atoms with van der Waals surface area (Å²) in [5.41, 5.74) is 4.19. The van der Waals surface area contributed by atoms with Crippen LogP contribution in [0.25, 0.3) is 0 Å². The number of aromatic nitrogens is 1. The number of nitrogens with zero attached hydrogens (tertiary/aromatic N) is 3. The van der Waals surface area contributed by atoms with E-state index in [1.54, 1.807) is 4.90 Å². The normalized spacial score (nSPS) is 13.9. The van der Waals surface area contributed by atoms with Crippen LogP contribution in [-0.2, 0) is 24.3 Å². The van der Waals surface area contributed by atoms with Crippen molar-refractivity contribution in [1.82, 2.24) is 14.4 Å². The van der Waals surface area contributed by atoms with Gasteiger partial charge in [-0.05, 0) is 73.2 Å². The molecule has 0 aliphatic heterocycles. The van der Waals surface area contributed by atoms with Crippen molar-refractivity contribution in [2.24, 2.45) is 0 Å². The Balaban J connectivity index is 1.52. The van der Waals surface area contributed by atoms with Crippen LogP contribution in [0.5, 0.6) is 0 Å². The van der Waals surface area contributed by atoms with Crippen molar-refractivity contribution >= 4 is 27.7 Å². The zero-order valence-electron chi connectivity index (χ0n) is 22.7. The lowest BCUT2D eigenvalue weighted by molar-refractivity contribution is -0.135. The van der Waals surface area contributed by atoms with Crippen molar-refractivity contribution in [2.75, 3.05) is 13.1 Å². The summed E-state index contributed by atoms with van der Waals surface area (Å²) in [5.74, 6) is -0.0228. The van der Waals surface area contributed by atoms with Gasteiger partial charge in [-0.15, -0.1) is 0 Å². The van der Waals surface area contributed by atoms with Crippen LogP contribution >= 0.6 is 15.9 Å². The van der Waals surface area contributed by atoms with Crippen LogP contribution in [0.15, 0.2) is 71.3 Å². The number of hydrogen-bond acceptors (Lipinski definition) is 2. The van der Waals surface area contributed by atoms with Gasteiger partial charge in [0.25, 0.3) is 5.91 Å². The van der Waals surface area contributed by atoms with Gasteiger partial charge >= 0.3 is 0 Å². The molecule has 202 valence electrons.